The summed E-state index contributed by atoms with van der Waals surface area (Å²) in [5, 5.41) is 0. The Hall–Kier alpha value is 1.05. The minimum absolute atomic E-state index is 0. The average Bonchev–Trinajstić information content (AvgIpc) is 2.29. The summed E-state index contributed by atoms with van der Waals surface area (Å²) in [4.78, 5) is 0. The fraction of sp³-hybridized carbons (Fsp3) is 1.00. The molecule has 0 aliphatic rings. The Bertz CT molecular complexity index is 115. The number of rotatable bonds is 12. The van der Waals surface area contributed by atoms with E-state index >= 15 is 0 Å². The fourth-order valence-electron chi connectivity index (χ4n) is 1.02. The van der Waals surface area contributed by atoms with Gasteiger partial charge in [0.25, 0.3) is 0 Å². The van der Waals surface area contributed by atoms with Crippen LogP contribution < -0.4 is 0 Å². The monoisotopic (exact) mass is 345 g/mol. The largest absolute Gasteiger partial charge is 0.147 e. The molecule has 5 heteroatoms. The molecule has 105 valence electrons. The molecule has 0 heterocycles. The molecule has 0 aromatic carbocycles. The summed E-state index contributed by atoms with van der Waals surface area (Å²) < 4.78 is 17.2. The number of hydrogen-bond donors (Lipinski definition) is 0. The quantitative estimate of drug-likeness (QED) is 0.495. The van der Waals surface area contributed by atoms with Gasteiger partial charge in [-0.05, 0) is 0 Å². The second-order valence-corrected chi connectivity index (χ2v) is 7.21. The maximum atomic E-state index is 5.73. The van der Waals surface area contributed by atoms with Crippen molar-refractivity contribution in [1.82, 2.24) is 0 Å². The van der Waals surface area contributed by atoms with Crippen LogP contribution in [0, 0.1) is 0 Å². The standard InChI is InChI=1S/3C4H9O.ClH.Zr/c3*1-2-3-4-5;;/h3*2-4H2,1H3;1H;/q3*-1;;+3. The van der Waals surface area contributed by atoms with Crippen molar-refractivity contribution in [3.63, 3.8) is 0 Å². The molecule has 0 radical (unpaired) electrons. The molecular formula is C12H28ClO3Zr. The van der Waals surface area contributed by atoms with E-state index in [1.165, 1.54) is 19.3 Å². The molecule has 0 saturated carbocycles. The van der Waals surface area contributed by atoms with Crippen LogP contribution in [0.3, 0.4) is 0 Å². The molecule has 0 fully saturated rings. The van der Waals surface area contributed by atoms with E-state index in [4.69, 9.17) is 8.44 Å². The van der Waals surface area contributed by atoms with Crippen molar-refractivity contribution in [3.05, 3.63) is 0 Å². The van der Waals surface area contributed by atoms with E-state index in [0.29, 0.717) is 0 Å². The van der Waals surface area contributed by atoms with Gasteiger partial charge in [-0.2, -0.15) is 0 Å². The summed E-state index contributed by atoms with van der Waals surface area (Å²) in [5.74, 6) is 0. The van der Waals surface area contributed by atoms with Gasteiger partial charge in [-0.15, -0.1) is 12.4 Å². The summed E-state index contributed by atoms with van der Waals surface area (Å²) in [6.45, 7) is 8.93. The Morgan fingerprint density at radius 3 is 1.18 bits per heavy atom. The molecule has 0 atom stereocenters. The van der Waals surface area contributed by atoms with Gasteiger partial charge >= 0.3 is 111 Å². The molecule has 0 unspecified atom stereocenters. The van der Waals surface area contributed by atoms with E-state index in [9.17, 15) is 0 Å². The van der Waals surface area contributed by atoms with Crippen LogP contribution in [0.5, 0.6) is 0 Å². The van der Waals surface area contributed by atoms with Crippen LogP contribution in [-0.2, 0) is 31.5 Å². The molecule has 0 aromatic heterocycles. The summed E-state index contributed by atoms with van der Waals surface area (Å²) in [6.07, 6.45) is 6.83. The number of unbranched alkanes of at least 4 members (excludes halogenated alkanes) is 3. The van der Waals surface area contributed by atoms with Crippen LogP contribution in [-0.4, -0.2) is 19.8 Å². The van der Waals surface area contributed by atoms with E-state index in [0.717, 1.165) is 39.1 Å². The Balaban J connectivity index is 0. The molecule has 3 nitrogen and oxygen atoms in total. The third-order valence-electron chi connectivity index (χ3n) is 2.15. The average molecular weight is 347 g/mol. The van der Waals surface area contributed by atoms with Gasteiger partial charge in [0, 0.05) is 0 Å². The summed E-state index contributed by atoms with van der Waals surface area (Å²) >= 11 is -2.40. The second-order valence-electron chi connectivity index (χ2n) is 3.86. The molecular weight excluding hydrogens is 319 g/mol. The minimum Gasteiger partial charge on any atom is -0.147 e. The molecule has 0 aliphatic carbocycles. The third-order valence-corrected chi connectivity index (χ3v) is 5.40. The van der Waals surface area contributed by atoms with Gasteiger partial charge in [0.2, 0.25) is 0 Å². The summed E-state index contributed by atoms with van der Waals surface area (Å²) in [5.41, 5.74) is 0. The molecule has 17 heavy (non-hydrogen) atoms. The van der Waals surface area contributed by atoms with Crippen LogP contribution in [0.2, 0.25) is 0 Å². The Morgan fingerprint density at radius 1 is 0.647 bits per heavy atom. The van der Waals surface area contributed by atoms with Crippen molar-refractivity contribution in [2.45, 2.75) is 59.3 Å². The zero-order valence-corrected chi connectivity index (χ0v) is 14.8. The summed E-state index contributed by atoms with van der Waals surface area (Å²) in [7, 11) is 0. The van der Waals surface area contributed by atoms with E-state index < -0.39 is 23.1 Å². The van der Waals surface area contributed by atoms with E-state index in [2.05, 4.69) is 20.8 Å². The maximum absolute atomic E-state index is 5.73. The normalized spacial score (nSPS) is 10.1. The van der Waals surface area contributed by atoms with Crippen molar-refractivity contribution in [2.24, 2.45) is 0 Å². The smallest absolute Gasteiger partial charge is 0.147 e. The second kappa shape index (κ2) is 17.1. The van der Waals surface area contributed by atoms with Crippen LogP contribution in [0.25, 0.3) is 0 Å². The summed E-state index contributed by atoms with van der Waals surface area (Å²) in [6, 6.07) is 0. The van der Waals surface area contributed by atoms with Crippen molar-refractivity contribution >= 4 is 12.4 Å². The number of halogens is 1. The first-order valence-electron chi connectivity index (χ1n) is 6.60. The van der Waals surface area contributed by atoms with Gasteiger partial charge in [-0.1, -0.05) is 0 Å². The Kier molecular flexibility index (Phi) is 20.4. The zero-order chi connectivity index (χ0) is 12.1. The van der Waals surface area contributed by atoms with Gasteiger partial charge < -0.3 is 0 Å². The first kappa shape index (κ1) is 20.4. The van der Waals surface area contributed by atoms with Gasteiger partial charge in [-0.3, -0.25) is 0 Å². The van der Waals surface area contributed by atoms with Crippen molar-refractivity contribution in [3.8, 4) is 0 Å². The molecule has 0 spiro atoms. The molecule has 0 rings (SSSR count). The predicted molar refractivity (Wildman–Crippen MR) is 69.8 cm³/mol. The maximum Gasteiger partial charge on any atom is -0.147 e. The zero-order valence-electron chi connectivity index (χ0n) is 11.5. The molecule has 0 saturated heterocycles. The van der Waals surface area contributed by atoms with E-state index in [1.54, 1.807) is 0 Å². The van der Waals surface area contributed by atoms with E-state index in [-0.39, 0.29) is 12.4 Å². The third kappa shape index (κ3) is 15.0. The number of hydrogen-bond acceptors (Lipinski definition) is 3. The molecule has 0 amide bonds. The predicted octanol–water partition coefficient (Wildman–Crippen LogP) is 4.22. The topological polar surface area (TPSA) is 27.7 Å². The van der Waals surface area contributed by atoms with Gasteiger partial charge in [0.1, 0.15) is 0 Å². The molecule has 0 bridgehead atoms. The van der Waals surface area contributed by atoms with E-state index in [1.807, 2.05) is 0 Å². The Labute approximate surface area is 123 Å². The van der Waals surface area contributed by atoms with Crippen LogP contribution in [0.1, 0.15) is 59.3 Å². The van der Waals surface area contributed by atoms with Gasteiger partial charge in [0.05, 0.1) is 0 Å². The van der Waals surface area contributed by atoms with Crippen molar-refractivity contribution < 1.29 is 31.5 Å². The van der Waals surface area contributed by atoms with Crippen molar-refractivity contribution in [2.75, 3.05) is 19.8 Å². The fourth-order valence-corrected chi connectivity index (χ4v) is 3.93. The molecule has 0 aliphatic heterocycles. The SMILES string of the molecule is CCCC[O][Zr]([O]CCCC)[O]CCCC.Cl. The van der Waals surface area contributed by atoms with Crippen LogP contribution in [0.15, 0.2) is 0 Å². The minimum atomic E-state index is -2.40. The van der Waals surface area contributed by atoms with Crippen LogP contribution in [0.4, 0.5) is 0 Å². The molecule has 0 N–H and O–H groups in total. The Morgan fingerprint density at radius 2 is 0.941 bits per heavy atom. The van der Waals surface area contributed by atoms with Gasteiger partial charge in [-0.25, -0.2) is 0 Å². The van der Waals surface area contributed by atoms with Crippen molar-refractivity contribution in [1.29, 1.82) is 0 Å². The first-order valence-corrected chi connectivity index (χ1v) is 9.61. The first-order chi connectivity index (χ1) is 7.85. The van der Waals surface area contributed by atoms with Crippen LogP contribution >= 0.6 is 12.4 Å². The van der Waals surface area contributed by atoms with Gasteiger partial charge in [0.15, 0.2) is 0 Å². The molecule has 0 aromatic rings.